The molecular formula is C17H16N6O2S. The maximum absolute atomic E-state index is 11.5. The molecule has 3 aromatic heterocycles. The van der Waals surface area contributed by atoms with Crippen LogP contribution < -0.4 is 4.90 Å². The Hall–Kier alpha value is -3.20. The van der Waals surface area contributed by atoms with E-state index in [4.69, 9.17) is 0 Å². The highest BCUT2D eigenvalue weighted by Crippen LogP contribution is 2.31. The molecule has 0 amide bonds. The third-order valence-electron chi connectivity index (χ3n) is 4.13. The van der Waals surface area contributed by atoms with Gasteiger partial charge in [0, 0.05) is 31.4 Å². The summed E-state index contributed by atoms with van der Waals surface area (Å²) in [7, 11) is 1.79. The lowest BCUT2D eigenvalue weighted by Crippen LogP contribution is -2.21. The summed E-state index contributed by atoms with van der Waals surface area (Å²) in [6.07, 6.45) is 5.32. The summed E-state index contributed by atoms with van der Waals surface area (Å²) in [5.74, 6) is 1.14. The number of thiazole rings is 1. The largest absolute Gasteiger partial charge is 0.373 e. The van der Waals surface area contributed by atoms with Crippen LogP contribution in [0, 0.1) is 10.1 Å². The Labute approximate surface area is 153 Å². The van der Waals surface area contributed by atoms with Gasteiger partial charge >= 0.3 is 5.82 Å². The Balaban J connectivity index is 1.61. The van der Waals surface area contributed by atoms with Gasteiger partial charge in [0.05, 0.1) is 6.54 Å². The number of benzene rings is 1. The van der Waals surface area contributed by atoms with E-state index in [1.54, 1.807) is 29.7 Å². The number of fused-ring (bicyclic) bond motifs is 1. The smallest absolute Gasteiger partial charge is 0.358 e. The fourth-order valence-electron chi connectivity index (χ4n) is 2.89. The predicted molar refractivity (Wildman–Crippen MR) is 99.6 cm³/mol. The summed E-state index contributed by atoms with van der Waals surface area (Å²) < 4.78 is 3.54. The van der Waals surface area contributed by atoms with E-state index in [0.717, 1.165) is 5.82 Å². The van der Waals surface area contributed by atoms with E-state index in [0.29, 0.717) is 23.9 Å². The number of anilines is 1. The van der Waals surface area contributed by atoms with Crippen molar-refractivity contribution in [1.82, 2.24) is 18.9 Å². The quantitative estimate of drug-likeness (QED) is 0.386. The molecule has 4 rings (SSSR count). The third kappa shape index (κ3) is 2.93. The van der Waals surface area contributed by atoms with Crippen molar-refractivity contribution in [2.75, 3.05) is 11.9 Å². The SMILES string of the molecule is CN(Cc1nccn1Cc1ccccc1)c1nc2sccn2c1[N+](=O)[O-]. The highest BCUT2D eigenvalue weighted by Gasteiger charge is 2.26. The fourth-order valence-corrected chi connectivity index (χ4v) is 3.60. The molecule has 0 aliphatic carbocycles. The molecule has 0 aliphatic heterocycles. The van der Waals surface area contributed by atoms with Gasteiger partial charge in [0.2, 0.25) is 5.82 Å². The minimum absolute atomic E-state index is 0.0232. The van der Waals surface area contributed by atoms with Gasteiger partial charge in [-0.05, 0) is 10.5 Å². The van der Waals surface area contributed by atoms with Crippen molar-refractivity contribution in [3.8, 4) is 0 Å². The average molecular weight is 368 g/mol. The van der Waals surface area contributed by atoms with Crippen LogP contribution in [0.25, 0.3) is 4.96 Å². The molecule has 0 saturated heterocycles. The molecule has 0 aliphatic rings. The van der Waals surface area contributed by atoms with Crippen molar-refractivity contribution >= 4 is 27.9 Å². The Morgan fingerprint density at radius 1 is 1.27 bits per heavy atom. The van der Waals surface area contributed by atoms with Crippen molar-refractivity contribution in [1.29, 1.82) is 0 Å². The minimum Gasteiger partial charge on any atom is -0.358 e. The van der Waals surface area contributed by atoms with Crippen LogP contribution in [0.1, 0.15) is 11.4 Å². The molecule has 3 heterocycles. The van der Waals surface area contributed by atoms with Crippen LogP contribution in [0.5, 0.6) is 0 Å². The minimum atomic E-state index is -0.394. The van der Waals surface area contributed by atoms with Gasteiger partial charge in [0.1, 0.15) is 12.0 Å². The van der Waals surface area contributed by atoms with E-state index in [-0.39, 0.29) is 5.82 Å². The zero-order valence-electron chi connectivity index (χ0n) is 14.0. The van der Waals surface area contributed by atoms with Crippen molar-refractivity contribution in [3.05, 3.63) is 75.8 Å². The van der Waals surface area contributed by atoms with Crippen LogP contribution in [-0.4, -0.2) is 30.9 Å². The maximum atomic E-state index is 11.5. The first kappa shape index (κ1) is 16.3. The first-order chi connectivity index (χ1) is 12.6. The number of nitrogens with zero attached hydrogens (tertiary/aromatic N) is 6. The molecule has 0 atom stereocenters. The van der Waals surface area contributed by atoms with E-state index in [2.05, 4.69) is 22.1 Å². The zero-order chi connectivity index (χ0) is 18.1. The molecule has 132 valence electrons. The molecule has 1 aromatic carbocycles. The number of aromatic nitrogens is 4. The highest BCUT2D eigenvalue weighted by atomic mass is 32.1. The normalized spacial score (nSPS) is 11.1. The lowest BCUT2D eigenvalue weighted by Gasteiger charge is -2.17. The van der Waals surface area contributed by atoms with Crippen LogP contribution in [0.2, 0.25) is 0 Å². The van der Waals surface area contributed by atoms with Gasteiger partial charge < -0.3 is 19.6 Å². The summed E-state index contributed by atoms with van der Waals surface area (Å²) in [6, 6.07) is 10.1. The van der Waals surface area contributed by atoms with Crippen molar-refractivity contribution in [2.45, 2.75) is 13.1 Å². The van der Waals surface area contributed by atoms with Crippen molar-refractivity contribution in [3.63, 3.8) is 0 Å². The molecule has 0 N–H and O–H groups in total. The van der Waals surface area contributed by atoms with E-state index >= 15 is 0 Å². The second-order valence-electron chi connectivity index (χ2n) is 5.88. The molecule has 0 fully saturated rings. The number of rotatable bonds is 6. The molecule has 0 radical (unpaired) electrons. The molecule has 0 saturated carbocycles. The Morgan fingerprint density at radius 3 is 2.85 bits per heavy atom. The van der Waals surface area contributed by atoms with Gasteiger partial charge in [0.15, 0.2) is 0 Å². The van der Waals surface area contributed by atoms with Crippen molar-refractivity contribution < 1.29 is 4.92 Å². The molecule has 4 aromatic rings. The standard InChI is InChI=1S/C17H16N6O2S/c1-20(15-16(23(24)25)22-9-10-26-17(22)19-15)12-14-18-7-8-21(14)11-13-5-3-2-4-6-13/h2-10H,11-12H2,1H3. The topological polar surface area (TPSA) is 81.5 Å². The van der Waals surface area contributed by atoms with Crippen LogP contribution in [0.4, 0.5) is 11.6 Å². The summed E-state index contributed by atoms with van der Waals surface area (Å²) in [6.45, 7) is 1.12. The Bertz CT molecular complexity index is 1050. The molecular weight excluding hydrogens is 352 g/mol. The van der Waals surface area contributed by atoms with Crippen LogP contribution >= 0.6 is 11.3 Å². The van der Waals surface area contributed by atoms with Crippen LogP contribution in [0.3, 0.4) is 0 Å². The zero-order valence-corrected chi connectivity index (χ0v) is 14.8. The van der Waals surface area contributed by atoms with Gasteiger partial charge in [-0.3, -0.25) is 0 Å². The van der Waals surface area contributed by atoms with Crippen LogP contribution in [0.15, 0.2) is 54.3 Å². The van der Waals surface area contributed by atoms with Gasteiger partial charge in [-0.2, -0.15) is 9.38 Å². The summed E-state index contributed by atoms with van der Waals surface area (Å²) in [5, 5.41) is 13.3. The molecule has 8 nitrogen and oxygen atoms in total. The predicted octanol–water partition coefficient (Wildman–Crippen LogP) is 3.19. The molecule has 0 unspecified atom stereocenters. The van der Waals surface area contributed by atoms with E-state index in [9.17, 15) is 10.1 Å². The maximum Gasteiger partial charge on any atom is 0.373 e. The molecule has 0 bridgehead atoms. The second-order valence-corrected chi connectivity index (χ2v) is 6.76. The second kappa shape index (κ2) is 6.60. The first-order valence-electron chi connectivity index (χ1n) is 7.98. The summed E-state index contributed by atoms with van der Waals surface area (Å²) >= 11 is 1.37. The van der Waals surface area contributed by atoms with Crippen molar-refractivity contribution in [2.24, 2.45) is 0 Å². The number of imidazole rings is 2. The summed E-state index contributed by atoms with van der Waals surface area (Å²) in [5.41, 5.74) is 1.17. The fraction of sp³-hybridized carbons (Fsp3) is 0.176. The lowest BCUT2D eigenvalue weighted by molar-refractivity contribution is -0.389. The van der Waals surface area contributed by atoms with Gasteiger partial charge in [0.25, 0.3) is 4.96 Å². The molecule has 0 spiro atoms. The molecule has 26 heavy (non-hydrogen) atoms. The van der Waals surface area contributed by atoms with Gasteiger partial charge in [-0.1, -0.05) is 41.7 Å². The van der Waals surface area contributed by atoms with E-state index in [1.807, 2.05) is 29.0 Å². The number of hydrogen-bond donors (Lipinski definition) is 0. The highest BCUT2D eigenvalue weighted by molar-refractivity contribution is 7.15. The van der Waals surface area contributed by atoms with Crippen LogP contribution in [-0.2, 0) is 13.1 Å². The van der Waals surface area contributed by atoms with Gasteiger partial charge in [-0.25, -0.2) is 4.98 Å². The lowest BCUT2D eigenvalue weighted by atomic mass is 10.2. The first-order valence-corrected chi connectivity index (χ1v) is 8.86. The number of hydrogen-bond acceptors (Lipinski definition) is 6. The monoisotopic (exact) mass is 368 g/mol. The van der Waals surface area contributed by atoms with Gasteiger partial charge in [-0.15, -0.1) is 0 Å². The Kier molecular flexibility index (Phi) is 4.13. The average Bonchev–Trinajstić information content (AvgIpc) is 3.31. The third-order valence-corrected chi connectivity index (χ3v) is 4.89. The molecule has 9 heteroatoms. The van der Waals surface area contributed by atoms with E-state index in [1.165, 1.54) is 21.3 Å². The Morgan fingerprint density at radius 2 is 2.08 bits per heavy atom. The summed E-state index contributed by atoms with van der Waals surface area (Å²) in [4.78, 5) is 22.3. The van der Waals surface area contributed by atoms with E-state index < -0.39 is 4.92 Å². The number of nitro groups is 1.